The Labute approximate surface area is 217 Å². The van der Waals surface area contributed by atoms with Crippen molar-refractivity contribution in [2.24, 2.45) is 40.4 Å². The molecule has 9 atom stereocenters. The normalized spacial score (nSPS) is 41.8. The first-order chi connectivity index (χ1) is 17.0. The molecule has 0 spiro atoms. The van der Waals surface area contributed by atoms with Crippen molar-refractivity contribution >= 4 is 11.9 Å². The Balaban J connectivity index is 1.29. The largest absolute Gasteiger partial charge is 0.494 e. The molecule has 3 fully saturated rings. The lowest BCUT2D eigenvalue weighted by Gasteiger charge is -2.58. The van der Waals surface area contributed by atoms with Crippen molar-refractivity contribution in [1.29, 1.82) is 0 Å². The molecule has 5 rings (SSSR count). The van der Waals surface area contributed by atoms with Gasteiger partial charge in [-0.25, -0.2) is 0 Å². The fourth-order valence-electron chi connectivity index (χ4n) is 9.34. The van der Waals surface area contributed by atoms with Gasteiger partial charge in [-0.1, -0.05) is 32.4 Å². The summed E-state index contributed by atoms with van der Waals surface area (Å²) >= 11 is 0. The second kappa shape index (κ2) is 9.51. The van der Waals surface area contributed by atoms with Crippen molar-refractivity contribution in [1.82, 2.24) is 5.32 Å². The molecule has 1 aliphatic heterocycles. The van der Waals surface area contributed by atoms with Crippen molar-refractivity contribution in [3.05, 3.63) is 23.0 Å². The molecule has 5 aliphatic rings. The van der Waals surface area contributed by atoms with Crippen LogP contribution in [0.25, 0.3) is 0 Å². The van der Waals surface area contributed by atoms with Crippen LogP contribution >= 0.6 is 0 Å². The molecule has 1 heterocycles. The molecule has 4 aliphatic carbocycles. The first-order valence-corrected chi connectivity index (χ1v) is 14.5. The van der Waals surface area contributed by atoms with Crippen LogP contribution in [0.3, 0.4) is 0 Å². The summed E-state index contributed by atoms with van der Waals surface area (Å²) in [6, 6.07) is 0. The Morgan fingerprint density at radius 2 is 1.97 bits per heavy atom. The lowest BCUT2D eigenvalue weighted by molar-refractivity contribution is -0.148. The predicted octanol–water partition coefficient (Wildman–Crippen LogP) is 6.33. The van der Waals surface area contributed by atoms with Gasteiger partial charge in [0.25, 0.3) is 0 Å². The lowest BCUT2D eigenvalue weighted by atomic mass is 9.47. The minimum Gasteiger partial charge on any atom is -0.494 e. The molecule has 5 heteroatoms. The monoisotopic (exact) mass is 497 g/mol. The number of rotatable bonds is 6. The van der Waals surface area contributed by atoms with Crippen LogP contribution in [0.5, 0.6) is 0 Å². The molecule has 200 valence electrons. The van der Waals surface area contributed by atoms with Crippen molar-refractivity contribution in [2.75, 3.05) is 6.54 Å². The van der Waals surface area contributed by atoms with Crippen LogP contribution < -0.4 is 5.32 Å². The summed E-state index contributed by atoms with van der Waals surface area (Å²) in [7, 11) is 0. The molecule has 3 saturated carbocycles. The van der Waals surface area contributed by atoms with Crippen LogP contribution in [0.4, 0.5) is 0 Å². The topological polar surface area (TPSA) is 64.6 Å². The molecule has 0 aromatic heterocycles. The van der Waals surface area contributed by atoms with Gasteiger partial charge in [-0.3, -0.25) is 9.59 Å². The van der Waals surface area contributed by atoms with Crippen LogP contribution in [-0.4, -0.2) is 30.6 Å². The van der Waals surface area contributed by atoms with E-state index in [9.17, 15) is 9.59 Å². The maximum absolute atomic E-state index is 11.5. The Morgan fingerprint density at radius 1 is 1.19 bits per heavy atom. The van der Waals surface area contributed by atoms with E-state index in [0.717, 1.165) is 56.4 Å². The Morgan fingerprint density at radius 3 is 2.69 bits per heavy atom. The van der Waals surface area contributed by atoms with Gasteiger partial charge >= 0.3 is 5.97 Å². The van der Waals surface area contributed by atoms with Crippen molar-refractivity contribution in [3.8, 4) is 0 Å². The third-order valence-corrected chi connectivity index (χ3v) is 11.2. The predicted molar refractivity (Wildman–Crippen MR) is 141 cm³/mol. The number of allylic oxidation sites excluding steroid dienone is 2. The molecule has 0 bridgehead atoms. The van der Waals surface area contributed by atoms with Gasteiger partial charge in [-0.2, -0.15) is 0 Å². The van der Waals surface area contributed by atoms with Crippen molar-refractivity contribution < 1.29 is 19.1 Å². The summed E-state index contributed by atoms with van der Waals surface area (Å²) in [5.41, 5.74) is 3.66. The molecule has 0 unspecified atom stereocenters. The fourth-order valence-corrected chi connectivity index (χ4v) is 9.34. The van der Waals surface area contributed by atoms with Gasteiger partial charge in [0, 0.05) is 39.2 Å². The van der Waals surface area contributed by atoms with Gasteiger partial charge < -0.3 is 14.8 Å². The number of amides is 1. The number of nitrogens with one attached hydrogen (secondary N) is 1. The summed E-state index contributed by atoms with van der Waals surface area (Å²) < 4.78 is 12.3. The molecule has 5 nitrogen and oxygen atoms in total. The van der Waals surface area contributed by atoms with Gasteiger partial charge in [0.05, 0.1) is 5.76 Å². The number of carbonyl (C=O) groups is 2. The number of ether oxygens (including phenoxy) is 2. The second-order valence-corrected chi connectivity index (χ2v) is 13.3. The highest BCUT2D eigenvalue weighted by Gasteiger charge is 2.63. The van der Waals surface area contributed by atoms with Crippen LogP contribution in [0, 0.1) is 40.4 Å². The van der Waals surface area contributed by atoms with Gasteiger partial charge in [-0.05, 0) is 91.9 Å². The van der Waals surface area contributed by atoms with E-state index in [-0.39, 0.29) is 23.4 Å². The van der Waals surface area contributed by atoms with E-state index in [1.165, 1.54) is 43.9 Å². The molecule has 36 heavy (non-hydrogen) atoms. The average Bonchev–Trinajstić information content (AvgIpc) is 3.29. The van der Waals surface area contributed by atoms with Gasteiger partial charge in [0.1, 0.15) is 12.2 Å². The minimum atomic E-state index is -0.145. The maximum Gasteiger partial charge on any atom is 0.302 e. The summed E-state index contributed by atoms with van der Waals surface area (Å²) in [5.74, 6) is 4.37. The third-order valence-electron chi connectivity index (χ3n) is 11.2. The number of hydrogen-bond donors (Lipinski definition) is 1. The molecular formula is C31H47NO4. The van der Waals surface area contributed by atoms with E-state index in [2.05, 4.69) is 39.1 Å². The van der Waals surface area contributed by atoms with Crippen LogP contribution in [-0.2, 0) is 19.1 Å². The Kier molecular flexibility index (Phi) is 6.83. The molecule has 0 aromatic rings. The van der Waals surface area contributed by atoms with E-state index in [4.69, 9.17) is 9.47 Å². The first kappa shape index (κ1) is 25.9. The Bertz CT molecular complexity index is 968. The molecular weight excluding hydrogens is 450 g/mol. The minimum absolute atomic E-state index is 0.0504. The molecule has 0 radical (unpaired) electrons. The highest BCUT2D eigenvalue weighted by Crippen LogP contribution is 2.69. The van der Waals surface area contributed by atoms with Gasteiger partial charge in [0.15, 0.2) is 0 Å². The van der Waals surface area contributed by atoms with Gasteiger partial charge in [-0.15, -0.1) is 0 Å². The number of esters is 1. The molecule has 1 amide bonds. The first-order valence-electron chi connectivity index (χ1n) is 14.5. The highest BCUT2D eigenvalue weighted by atomic mass is 16.5. The van der Waals surface area contributed by atoms with Crippen LogP contribution in [0.1, 0.15) is 99.3 Å². The van der Waals surface area contributed by atoms with E-state index >= 15 is 0 Å². The molecule has 1 N–H and O–H groups in total. The van der Waals surface area contributed by atoms with Crippen molar-refractivity contribution in [3.63, 3.8) is 0 Å². The number of hydrogen-bond acceptors (Lipinski definition) is 4. The average molecular weight is 498 g/mol. The zero-order valence-electron chi connectivity index (χ0n) is 23.3. The summed E-state index contributed by atoms with van der Waals surface area (Å²) in [6.07, 6.45) is 13.0. The Hall–Kier alpha value is -1.78. The van der Waals surface area contributed by atoms with Gasteiger partial charge in [0.2, 0.25) is 5.91 Å². The smallest absolute Gasteiger partial charge is 0.302 e. The van der Waals surface area contributed by atoms with E-state index < -0.39 is 0 Å². The summed E-state index contributed by atoms with van der Waals surface area (Å²) in [4.78, 5) is 22.8. The molecule has 0 aromatic carbocycles. The zero-order chi connectivity index (χ0) is 25.8. The second-order valence-electron chi connectivity index (χ2n) is 13.3. The molecule has 0 saturated heterocycles. The number of fused-ring (bicyclic) bond motifs is 7. The fraction of sp³-hybridized carbons (Fsp3) is 0.806. The van der Waals surface area contributed by atoms with Crippen molar-refractivity contribution in [2.45, 2.75) is 112 Å². The number of carbonyl (C=O) groups excluding carboxylic acids is 2. The zero-order valence-corrected chi connectivity index (χ0v) is 23.3. The summed E-state index contributed by atoms with van der Waals surface area (Å²) in [6.45, 7) is 13.5. The van der Waals surface area contributed by atoms with E-state index in [0.29, 0.717) is 23.4 Å². The van der Waals surface area contributed by atoms with Crippen LogP contribution in [0.15, 0.2) is 23.0 Å². The maximum atomic E-state index is 11.5. The SMILES string of the molecule is CC(=O)NC[C@H](C)CCC1=C(C)[C@@H]2[C@H](C[C@@H]3[C@@H]4CC=C5C[C@@H](OC(C)=O)CC[C@]5(C)[C@H]4CC[C@@]32C)O1. The standard InChI is InChI=1S/C31H47NO4/c1-18(17-32-20(3)33)7-10-27-19(2)29-28(36-27)16-26-24-9-8-22-15-23(35-21(4)34)11-13-30(22,5)25(24)12-14-31(26,29)6/h8,18,23-26,28-29H,7,9-17H2,1-6H3,(H,32,33)/t18-,23+,24-,25+,26-,28+,29-,30+,31+/m1/s1. The third kappa shape index (κ3) is 4.32. The van der Waals surface area contributed by atoms with Crippen LogP contribution in [0.2, 0.25) is 0 Å². The lowest BCUT2D eigenvalue weighted by Crippen LogP contribution is -2.50. The van der Waals surface area contributed by atoms with E-state index in [1.54, 1.807) is 12.5 Å². The van der Waals surface area contributed by atoms with E-state index in [1.807, 2.05) is 0 Å². The highest BCUT2D eigenvalue weighted by molar-refractivity contribution is 5.72. The quantitative estimate of drug-likeness (QED) is 0.344. The summed E-state index contributed by atoms with van der Waals surface area (Å²) in [5, 5.41) is 2.95.